The smallest absolute Gasteiger partial charge is 0.188 e. The zero-order valence-corrected chi connectivity index (χ0v) is 17.7. The van der Waals surface area contributed by atoms with Gasteiger partial charge < -0.3 is 9.47 Å². The molecule has 0 fully saturated rings. The van der Waals surface area contributed by atoms with Crippen LogP contribution in [-0.2, 0) is 9.89 Å². The number of rotatable bonds is 8. The summed E-state index contributed by atoms with van der Waals surface area (Å²) in [5.41, 5.74) is 4.95. The SMILES string of the molecule is CCC(C)(Pc1ccc(C)cc1C=NC)c1cc(C)ccc1OCOC. The van der Waals surface area contributed by atoms with E-state index in [-0.39, 0.29) is 11.9 Å². The first-order valence-corrected chi connectivity index (χ1v) is 9.97. The topological polar surface area (TPSA) is 30.8 Å². The molecule has 0 aliphatic carbocycles. The molecule has 0 amide bonds. The van der Waals surface area contributed by atoms with E-state index in [1.807, 2.05) is 13.3 Å². The lowest BCUT2D eigenvalue weighted by Gasteiger charge is -2.32. The van der Waals surface area contributed by atoms with E-state index >= 15 is 0 Å². The average Bonchev–Trinajstić information content (AvgIpc) is 2.63. The first kappa shape index (κ1) is 20.6. The molecule has 2 aromatic carbocycles. The van der Waals surface area contributed by atoms with Crippen LogP contribution in [0.1, 0.15) is 42.5 Å². The van der Waals surface area contributed by atoms with Crippen LogP contribution in [0.3, 0.4) is 0 Å². The number of hydrogen-bond acceptors (Lipinski definition) is 3. The molecular weight excluding hydrogens is 341 g/mol. The lowest BCUT2D eigenvalue weighted by Crippen LogP contribution is -2.21. The fraction of sp³-hybridized carbons (Fsp3) is 0.409. The summed E-state index contributed by atoms with van der Waals surface area (Å²) >= 11 is 0. The Morgan fingerprint density at radius 3 is 2.46 bits per heavy atom. The van der Waals surface area contributed by atoms with Crippen molar-refractivity contribution in [3.8, 4) is 5.75 Å². The summed E-state index contributed by atoms with van der Waals surface area (Å²) in [5.74, 6) is 0.909. The van der Waals surface area contributed by atoms with E-state index in [4.69, 9.17) is 9.47 Å². The van der Waals surface area contributed by atoms with Gasteiger partial charge in [0, 0.05) is 31.1 Å². The van der Waals surface area contributed by atoms with Crippen molar-refractivity contribution in [2.24, 2.45) is 4.99 Å². The van der Waals surface area contributed by atoms with Crippen LogP contribution in [0.15, 0.2) is 41.4 Å². The molecule has 0 N–H and O–H groups in total. The lowest BCUT2D eigenvalue weighted by atomic mass is 9.95. The van der Waals surface area contributed by atoms with Crippen LogP contribution in [-0.4, -0.2) is 27.2 Å². The number of benzene rings is 2. The van der Waals surface area contributed by atoms with E-state index in [0.29, 0.717) is 8.58 Å². The minimum Gasteiger partial charge on any atom is -0.467 e. The van der Waals surface area contributed by atoms with Gasteiger partial charge in [0.15, 0.2) is 6.79 Å². The summed E-state index contributed by atoms with van der Waals surface area (Å²) < 4.78 is 11.0. The van der Waals surface area contributed by atoms with E-state index in [1.54, 1.807) is 7.11 Å². The van der Waals surface area contributed by atoms with Crippen molar-refractivity contribution in [2.45, 2.75) is 39.3 Å². The predicted octanol–water partition coefficient (Wildman–Crippen LogP) is 4.96. The van der Waals surface area contributed by atoms with Crippen molar-refractivity contribution in [3.05, 3.63) is 58.7 Å². The van der Waals surface area contributed by atoms with Gasteiger partial charge in [0.05, 0.1) is 0 Å². The zero-order valence-electron chi connectivity index (χ0n) is 16.7. The Bertz CT molecular complexity index is 773. The van der Waals surface area contributed by atoms with Crippen molar-refractivity contribution in [1.82, 2.24) is 0 Å². The first-order valence-electron chi connectivity index (χ1n) is 8.97. The Kier molecular flexibility index (Phi) is 7.37. The van der Waals surface area contributed by atoms with Crippen LogP contribution in [0.5, 0.6) is 5.75 Å². The van der Waals surface area contributed by atoms with Gasteiger partial charge in [-0.2, -0.15) is 0 Å². The van der Waals surface area contributed by atoms with Gasteiger partial charge in [0.2, 0.25) is 0 Å². The second-order valence-electron chi connectivity index (χ2n) is 6.84. The highest BCUT2D eigenvalue weighted by atomic mass is 31.1. The molecule has 2 atom stereocenters. The lowest BCUT2D eigenvalue weighted by molar-refractivity contribution is 0.0500. The molecule has 26 heavy (non-hydrogen) atoms. The standard InChI is InChI=1S/C22H30NO2P/c1-7-22(4,19-13-17(3)8-10-20(19)25-15-24-6)26-21-11-9-16(2)12-18(21)14-23-5/h8-14,26H,7,15H2,1-6H3. The summed E-state index contributed by atoms with van der Waals surface area (Å²) in [6, 6.07) is 13.0. The fourth-order valence-electron chi connectivity index (χ4n) is 3.01. The number of aryl methyl sites for hydroxylation is 2. The Labute approximate surface area is 159 Å². The molecule has 2 unspecified atom stereocenters. The maximum Gasteiger partial charge on any atom is 0.188 e. The molecule has 0 saturated carbocycles. The maximum absolute atomic E-state index is 5.88. The Hall–Kier alpha value is -1.70. The summed E-state index contributed by atoms with van der Waals surface area (Å²) in [6.45, 7) is 9.08. The van der Waals surface area contributed by atoms with Crippen LogP contribution < -0.4 is 10.0 Å². The van der Waals surface area contributed by atoms with Crippen molar-refractivity contribution in [3.63, 3.8) is 0 Å². The molecule has 0 heterocycles. The zero-order chi connectivity index (χ0) is 19.2. The molecule has 0 bridgehead atoms. The highest BCUT2D eigenvalue weighted by molar-refractivity contribution is 7.48. The summed E-state index contributed by atoms with van der Waals surface area (Å²) in [6.07, 6.45) is 2.98. The van der Waals surface area contributed by atoms with Crippen molar-refractivity contribution in [2.75, 3.05) is 21.0 Å². The van der Waals surface area contributed by atoms with Gasteiger partial charge in [-0.3, -0.25) is 4.99 Å². The normalized spacial score (nSPS) is 14.2. The molecule has 0 aromatic heterocycles. The van der Waals surface area contributed by atoms with Crippen molar-refractivity contribution >= 4 is 20.1 Å². The summed E-state index contributed by atoms with van der Waals surface area (Å²) in [5, 5.41) is 1.32. The number of aliphatic imine (C=N–C) groups is 1. The van der Waals surface area contributed by atoms with Gasteiger partial charge in [-0.1, -0.05) is 57.8 Å². The Morgan fingerprint density at radius 2 is 1.81 bits per heavy atom. The third-order valence-corrected chi connectivity index (χ3v) is 6.55. The summed E-state index contributed by atoms with van der Waals surface area (Å²) in [4.78, 5) is 4.25. The number of ether oxygens (including phenoxy) is 2. The molecule has 0 aliphatic heterocycles. The van der Waals surface area contributed by atoms with Crippen molar-refractivity contribution < 1.29 is 9.47 Å². The molecule has 4 heteroatoms. The van der Waals surface area contributed by atoms with Gasteiger partial charge in [-0.05, 0) is 43.3 Å². The van der Waals surface area contributed by atoms with E-state index in [0.717, 1.165) is 12.2 Å². The van der Waals surface area contributed by atoms with Crippen molar-refractivity contribution in [1.29, 1.82) is 0 Å². The van der Waals surface area contributed by atoms with Crippen LogP contribution >= 0.6 is 8.58 Å². The van der Waals surface area contributed by atoms with E-state index in [1.165, 1.54) is 27.6 Å². The van der Waals surface area contributed by atoms with Gasteiger partial charge in [0.25, 0.3) is 0 Å². The predicted molar refractivity (Wildman–Crippen MR) is 114 cm³/mol. The summed E-state index contributed by atoms with van der Waals surface area (Å²) in [7, 11) is 4.09. The highest BCUT2D eigenvalue weighted by Crippen LogP contribution is 2.47. The monoisotopic (exact) mass is 371 g/mol. The molecule has 2 rings (SSSR count). The number of nitrogens with zero attached hydrogens (tertiary/aromatic N) is 1. The molecule has 0 radical (unpaired) electrons. The quantitative estimate of drug-likeness (QED) is 0.373. The third kappa shape index (κ3) is 4.93. The molecule has 0 aliphatic rings. The van der Waals surface area contributed by atoms with Crippen LogP contribution in [0.2, 0.25) is 0 Å². The van der Waals surface area contributed by atoms with Gasteiger partial charge in [-0.25, -0.2) is 0 Å². The fourth-order valence-corrected chi connectivity index (χ4v) is 4.56. The van der Waals surface area contributed by atoms with Gasteiger partial charge in [-0.15, -0.1) is 0 Å². The van der Waals surface area contributed by atoms with E-state index in [2.05, 4.69) is 69.1 Å². The largest absolute Gasteiger partial charge is 0.467 e. The Morgan fingerprint density at radius 1 is 1.12 bits per heavy atom. The minimum absolute atomic E-state index is 0.0132. The third-order valence-electron chi connectivity index (χ3n) is 4.65. The highest BCUT2D eigenvalue weighted by Gasteiger charge is 2.29. The Balaban J connectivity index is 2.48. The van der Waals surface area contributed by atoms with Crippen LogP contribution in [0.25, 0.3) is 0 Å². The average molecular weight is 371 g/mol. The van der Waals surface area contributed by atoms with Gasteiger partial charge in [0.1, 0.15) is 5.75 Å². The number of hydrogen-bond donors (Lipinski definition) is 0. The van der Waals surface area contributed by atoms with Crippen LogP contribution in [0.4, 0.5) is 0 Å². The molecule has 3 nitrogen and oxygen atoms in total. The first-order chi connectivity index (χ1) is 12.4. The molecule has 0 spiro atoms. The molecule has 2 aromatic rings. The maximum atomic E-state index is 5.88. The van der Waals surface area contributed by atoms with Crippen LogP contribution in [0, 0.1) is 13.8 Å². The van der Waals surface area contributed by atoms with E-state index < -0.39 is 0 Å². The minimum atomic E-state index is -0.0132. The van der Waals surface area contributed by atoms with Gasteiger partial charge >= 0.3 is 0 Å². The molecule has 140 valence electrons. The molecular formula is C22H30NO2P. The number of methoxy groups -OCH3 is 1. The second-order valence-corrected chi connectivity index (χ2v) is 8.73. The van der Waals surface area contributed by atoms with E-state index in [9.17, 15) is 0 Å². The molecule has 0 saturated heterocycles. The second kappa shape index (κ2) is 9.30.